The number of aromatic nitrogens is 2. The van der Waals surface area contributed by atoms with Crippen molar-refractivity contribution in [2.45, 2.75) is 33.4 Å². The number of fused-ring (bicyclic) bond motifs is 1. The zero-order chi connectivity index (χ0) is 18.7. The van der Waals surface area contributed by atoms with Crippen molar-refractivity contribution in [1.29, 1.82) is 0 Å². The van der Waals surface area contributed by atoms with Crippen molar-refractivity contribution in [1.82, 2.24) is 14.5 Å². The molecule has 1 heterocycles. The summed E-state index contributed by atoms with van der Waals surface area (Å²) in [6, 6.07) is 13.6. The van der Waals surface area contributed by atoms with Crippen LogP contribution in [0.2, 0.25) is 0 Å². The van der Waals surface area contributed by atoms with E-state index in [2.05, 4.69) is 4.98 Å². The molecular weight excluding hydrogens is 326 g/mol. The molecule has 0 aliphatic heterocycles. The molecule has 0 bridgehead atoms. The van der Waals surface area contributed by atoms with Crippen LogP contribution in [0.25, 0.3) is 10.9 Å². The summed E-state index contributed by atoms with van der Waals surface area (Å²) in [6.07, 6.45) is 1.80. The Morgan fingerprint density at radius 2 is 1.81 bits per heavy atom. The third-order valence-electron chi connectivity index (χ3n) is 4.72. The summed E-state index contributed by atoms with van der Waals surface area (Å²) >= 11 is 0. The van der Waals surface area contributed by atoms with Gasteiger partial charge in [0.15, 0.2) is 0 Å². The van der Waals surface area contributed by atoms with Gasteiger partial charge < -0.3 is 4.90 Å². The monoisotopic (exact) mass is 349 g/mol. The molecular formula is C21H23N3O2. The van der Waals surface area contributed by atoms with E-state index in [1.807, 2.05) is 50.2 Å². The summed E-state index contributed by atoms with van der Waals surface area (Å²) in [5, 5.41) is 0.591. The van der Waals surface area contributed by atoms with E-state index in [1.165, 1.54) is 10.9 Å². The molecule has 0 saturated carbocycles. The number of carbonyl (C=O) groups is 1. The van der Waals surface area contributed by atoms with Gasteiger partial charge in [-0.1, -0.05) is 36.4 Å². The normalized spacial score (nSPS) is 10.9. The van der Waals surface area contributed by atoms with Crippen molar-refractivity contribution in [3.63, 3.8) is 0 Å². The van der Waals surface area contributed by atoms with Gasteiger partial charge in [-0.05, 0) is 36.6 Å². The number of carbonyl (C=O) groups excluding carboxylic acids is 1. The maximum absolute atomic E-state index is 12.6. The van der Waals surface area contributed by atoms with Crippen molar-refractivity contribution in [3.05, 3.63) is 75.8 Å². The minimum absolute atomic E-state index is 0.00416. The smallest absolute Gasteiger partial charge is 0.261 e. The summed E-state index contributed by atoms with van der Waals surface area (Å²) in [5.74, 6) is 0.00416. The minimum atomic E-state index is -0.104. The van der Waals surface area contributed by atoms with E-state index in [0.717, 1.165) is 22.2 Å². The zero-order valence-electron chi connectivity index (χ0n) is 15.4. The Balaban J connectivity index is 1.70. The first-order valence-corrected chi connectivity index (χ1v) is 8.70. The lowest BCUT2D eigenvalue weighted by atomic mass is 10.1. The lowest BCUT2D eigenvalue weighted by molar-refractivity contribution is -0.130. The van der Waals surface area contributed by atoms with Crippen LogP contribution < -0.4 is 5.56 Å². The van der Waals surface area contributed by atoms with Crippen molar-refractivity contribution >= 4 is 16.8 Å². The van der Waals surface area contributed by atoms with Crippen LogP contribution in [0.5, 0.6) is 0 Å². The molecule has 5 nitrogen and oxygen atoms in total. The second kappa shape index (κ2) is 7.52. The Labute approximate surface area is 152 Å². The summed E-state index contributed by atoms with van der Waals surface area (Å²) in [7, 11) is 1.79. The zero-order valence-corrected chi connectivity index (χ0v) is 15.4. The van der Waals surface area contributed by atoms with Gasteiger partial charge in [0.25, 0.3) is 5.56 Å². The van der Waals surface area contributed by atoms with Crippen LogP contribution in [0.3, 0.4) is 0 Å². The highest BCUT2D eigenvalue weighted by Crippen LogP contribution is 2.12. The highest BCUT2D eigenvalue weighted by Gasteiger charge is 2.12. The second-order valence-electron chi connectivity index (χ2n) is 6.64. The topological polar surface area (TPSA) is 55.2 Å². The number of hydrogen-bond acceptors (Lipinski definition) is 3. The standard InChI is InChI=1S/C21H23N3O2/c1-15-7-4-5-9-17(15)13-23(3)19(25)11-12-24-14-22-20-16(2)8-6-10-18(20)21(24)26/h4-10,14H,11-13H2,1-3H3. The molecule has 1 aromatic heterocycles. The van der Waals surface area contributed by atoms with Gasteiger partial charge in [0.05, 0.1) is 17.2 Å². The van der Waals surface area contributed by atoms with Gasteiger partial charge in [-0.25, -0.2) is 4.98 Å². The van der Waals surface area contributed by atoms with Gasteiger partial charge in [-0.2, -0.15) is 0 Å². The first kappa shape index (κ1) is 17.9. The van der Waals surface area contributed by atoms with Crippen LogP contribution in [-0.4, -0.2) is 27.4 Å². The number of amides is 1. The lowest BCUT2D eigenvalue weighted by Gasteiger charge is -2.19. The number of benzene rings is 2. The first-order valence-electron chi connectivity index (χ1n) is 8.70. The molecule has 0 aliphatic rings. The predicted octanol–water partition coefficient (Wildman–Crippen LogP) is 3.06. The van der Waals surface area contributed by atoms with Crippen LogP contribution in [0, 0.1) is 13.8 Å². The van der Waals surface area contributed by atoms with Crippen LogP contribution in [0.15, 0.2) is 53.6 Å². The summed E-state index contributed by atoms with van der Waals surface area (Å²) < 4.78 is 1.52. The number of para-hydroxylation sites is 1. The van der Waals surface area contributed by atoms with Gasteiger partial charge in [0, 0.05) is 26.6 Å². The van der Waals surface area contributed by atoms with Gasteiger partial charge in [0.1, 0.15) is 0 Å². The Morgan fingerprint density at radius 3 is 2.58 bits per heavy atom. The van der Waals surface area contributed by atoms with Gasteiger partial charge in [-0.15, -0.1) is 0 Å². The van der Waals surface area contributed by atoms with Crippen molar-refractivity contribution in [2.24, 2.45) is 0 Å². The largest absolute Gasteiger partial charge is 0.341 e. The number of aryl methyl sites for hydroxylation is 3. The van der Waals surface area contributed by atoms with E-state index in [-0.39, 0.29) is 17.9 Å². The van der Waals surface area contributed by atoms with Crippen molar-refractivity contribution < 1.29 is 4.79 Å². The highest BCUT2D eigenvalue weighted by molar-refractivity contribution is 5.80. The van der Waals surface area contributed by atoms with Crippen molar-refractivity contribution in [3.8, 4) is 0 Å². The summed E-state index contributed by atoms with van der Waals surface area (Å²) in [4.78, 5) is 31.1. The van der Waals surface area contributed by atoms with Crippen LogP contribution in [0.1, 0.15) is 23.1 Å². The number of nitrogens with zero attached hydrogens (tertiary/aromatic N) is 3. The Morgan fingerprint density at radius 1 is 1.08 bits per heavy atom. The molecule has 0 atom stereocenters. The molecule has 3 rings (SSSR count). The minimum Gasteiger partial charge on any atom is -0.341 e. The number of rotatable bonds is 5. The van der Waals surface area contributed by atoms with Crippen LogP contribution in [0.4, 0.5) is 0 Å². The van der Waals surface area contributed by atoms with Crippen LogP contribution >= 0.6 is 0 Å². The molecule has 0 aliphatic carbocycles. The van der Waals surface area contributed by atoms with Gasteiger partial charge in [0.2, 0.25) is 5.91 Å². The highest BCUT2D eigenvalue weighted by atomic mass is 16.2. The SMILES string of the molecule is Cc1ccccc1CN(C)C(=O)CCn1cnc2c(C)cccc2c1=O. The quantitative estimate of drug-likeness (QED) is 0.711. The molecule has 3 aromatic rings. The molecule has 0 fully saturated rings. The second-order valence-corrected chi connectivity index (χ2v) is 6.64. The summed E-state index contributed by atoms with van der Waals surface area (Å²) in [6.45, 7) is 4.86. The maximum Gasteiger partial charge on any atom is 0.261 e. The van der Waals surface area contributed by atoms with E-state index in [4.69, 9.17) is 0 Å². The average Bonchev–Trinajstić information content (AvgIpc) is 2.63. The van der Waals surface area contributed by atoms with Gasteiger partial charge >= 0.3 is 0 Å². The molecule has 26 heavy (non-hydrogen) atoms. The third kappa shape index (κ3) is 3.67. The molecule has 2 aromatic carbocycles. The molecule has 0 saturated heterocycles. The Hall–Kier alpha value is -2.95. The average molecular weight is 349 g/mol. The predicted molar refractivity (Wildman–Crippen MR) is 103 cm³/mol. The molecule has 0 N–H and O–H groups in total. The fourth-order valence-corrected chi connectivity index (χ4v) is 3.03. The molecule has 0 radical (unpaired) electrons. The lowest BCUT2D eigenvalue weighted by Crippen LogP contribution is -2.29. The fourth-order valence-electron chi connectivity index (χ4n) is 3.03. The summed E-state index contributed by atoms with van der Waals surface area (Å²) in [5.41, 5.74) is 3.88. The van der Waals surface area contributed by atoms with E-state index < -0.39 is 0 Å². The number of hydrogen-bond donors (Lipinski definition) is 0. The van der Waals surface area contributed by atoms with E-state index >= 15 is 0 Å². The van der Waals surface area contributed by atoms with Gasteiger partial charge in [-0.3, -0.25) is 14.2 Å². The molecule has 5 heteroatoms. The van der Waals surface area contributed by atoms with E-state index in [9.17, 15) is 9.59 Å². The van der Waals surface area contributed by atoms with E-state index in [0.29, 0.717) is 18.5 Å². The van der Waals surface area contributed by atoms with Crippen LogP contribution in [-0.2, 0) is 17.9 Å². The Kier molecular flexibility index (Phi) is 5.16. The maximum atomic E-state index is 12.6. The fraction of sp³-hybridized carbons (Fsp3) is 0.286. The van der Waals surface area contributed by atoms with E-state index in [1.54, 1.807) is 18.0 Å². The third-order valence-corrected chi connectivity index (χ3v) is 4.72. The molecule has 0 unspecified atom stereocenters. The molecule has 134 valence electrons. The first-order chi connectivity index (χ1) is 12.5. The molecule has 0 spiro atoms. The van der Waals surface area contributed by atoms with Crippen molar-refractivity contribution in [2.75, 3.05) is 7.05 Å². The molecule has 1 amide bonds. The Bertz CT molecular complexity index is 1010.